The van der Waals surface area contributed by atoms with Crippen molar-refractivity contribution in [2.24, 2.45) is 0 Å². The van der Waals surface area contributed by atoms with E-state index in [1.165, 1.54) is 40.3 Å². The van der Waals surface area contributed by atoms with Gasteiger partial charge >= 0.3 is 0 Å². The molecule has 0 aromatic heterocycles. The number of hydrogen-bond acceptors (Lipinski definition) is 1. The van der Waals surface area contributed by atoms with E-state index in [1.54, 1.807) is 0 Å². The van der Waals surface area contributed by atoms with Gasteiger partial charge in [-0.05, 0) is 54.4 Å². The largest absolute Gasteiger partial charge is 0.302 e. The van der Waals surface area contributed by atoms with Crippen LogP contribution in [0.25, 0.3) is 10.8 Å². The Hall–Kier alpha value is -2.12. The molecule has 2 unspecified atom stereocenters. The van der Waals surface area contributed by atoms with Gasteiger partial charge in [0.1, 0.15) is 0 Å². The summed E-state index contributed by atoms with van der Waals surface area (Å²) < 4.78 is 0. The fourth-order valence-corrected chi connectivity index (χ4v) is 4.07. The van der Waals surface area contributed by atoms with E-state index >= 15 is 0 Å². The summed E-state index contributed by atoms with van der Waals surface area (Å²) in [6.45, 7) is 0. The molecule has 4 rings (SSSR count). The normalized spacial score (nSPS) is 20.7. The van der Waals surface area contributed by atoms with Gasteiger partial charge in [-0.1, -0.05) is 66.7 Å². The second-order valence-electron chi connectivity index (χ2n) is 6.84. The molecule has 2 atom stereocenters. The van der Waals surface area contributed by atoms with Crippen LogP contribution < -0.4 is 0 Å². The SMILES string of the molecule is CN(C)C1CCC(c2ccc3ccccc3c2)c2ccccc21. The molecule has 1 aliphatic rings. The third-order valence-corrected chi connectivity index (χ3v) is 5.26. The van der Waals surface area contributed by atoms with Crippen LogP contribution in [-0.4, -0.2) is 19.0 Å². The second-order valence-corrected chi connectivity index (χ2v) is 6.84. The highest BCUT2D eigenvalue weighted by atomic mass is 15.1. The predicted molar refractivity (Wildman–Crippen MR) is 97.9 cm³/mol. The van der Waals surface area contributed by atoms with Crippen LogP contribution in [0.3, 0.4) is 0 Å². The summed E-state index contributed by atoms with van der Waals surface area (Å²) in [4.78, 5) is 2.36. The van der Waals surface area contributed by atoms with E-state index in [-0.39, 0.29) is 0 Å². The van der Waals surface area contributed by atoms with Crippen LogP contribution in [0.5, 0.6) is 0 Å². The summed E-state index contributed by atoms with van der Waals surface area (Å²) in [6.07, 6.45) is 2.44. The number of benzene rings is 3. The van der Waals surface area contributed by atoms with Gasteiger partial charge in [0.25, 0.3) is 0 Å². The summed E-state index contributed by atoms with van der Waals surface area (Å²) in [5.74, 6) is 0.520. The Kier molecular flexibility index (Phi) is 3.66. The first kappa shape index (κ1) is 14.5. The molecule has 3 aromatic rings. The molecule has 1 heteroatoms. The van der Waals surface area contributed by atoms with E-state index < -0.39 is 0 Å². The van der Waals surface area contributed by atoms with Crippen LogP contribution in [-0.2, 0) is 0 Å². The smallest absolute Gasteiger partial charge is 0.0345 e. The van der Waals surface area contributed by atoms with Crippen molar-refractivity contribution in [2.75, 3.05) is 14.1 Å². The van der Waals surface area contributed by atoms with Crippen molar-refractivity contribution in [3.05, 3.63) is 83.4 Å². The molecule has 23 heavy (non-hydrogen) atoms. The lowest BCUT2D eigenvalue weighted by Crippen LogP contribution is -2.26. The van der Waals surface area contributed by atoms with Crippen molar-refractivity contribution < 1.29 is 0 Å². The highest BCUT2D eigenvalue weighted by Crippen LogP contribution is 2.43. The minimum absolute atomic E-state index is 0.520. The lowest BCUT2D eigenvalue weighted by atomic mass is 9.76. The number of nitrogens with zero attached hydrogens (tertiary/aromatic N) is 1. The van der Waals surface area contributed by atoms with E-state index in [1.807, 2.05) is 0 Å². The van der Waals surface area contributed by atoms with Crippen molar-refractivity contribution >= 4 is 10.8 Å². The van der Waals surface area contributed by atoms with Gasteiger partial charge < -0.3 is 4.90 Å². The van der Waals surface area contributed by atoms with Crippen LogP contribution in [0.1, 0.15) is 41.5 Å². The van der Waals surface area contributed by atoms with E-state index in [0.29, 0.717) is 12.0 Å². The molecular weight excluding hydrogens is 278 g/mol. The molecule has 0 amide bonds. The van der Waals surface area contributed by atoms with Gasteiger partial charge in [-0.3, -0.25) is 0 Å². The van der Waals surface area contributed by atoms with Crippen molar-refractivity contribution in [1.82, 2.24) is 4.90 Å². The van der Waals surface area contributed by atoms with Gasteiger partial charge in [0.15, 0.2) is 0 Å². The molecule has 0 spiro atoms. The first-order chi connectivity index (χ1) is 11.2. The molecule has 0 N–H and O–H groups in total. The van der Waals surface area contributed by atoms with Crippen molar-refractivity contribution in [1.29, 1.82) is 0 Å². The molecule has 0 aliphatic heterocycles. The highest BCUT2D eigenvalue weighted by Gasteiger charge is 2.28. The summed E-state index contributed by atoms with van der Waals surface area (Å²) in [7, 11) is 4.38. The average molecular weight is 301 g/mol. The second kappa shape index (κ2) is 5.82. The standard InChI is InChI=1S/C22H23N/c1-23(2)22-14-13-19(20-9-5-6-10-21(20)22)18-12-11-16-7-3-4-8-17(16)15-18/h3-12,15,19,22H,13-14H2,1-2H3. The Morgan fingerprint density at radius 2 is 1.43 bits per heavy atom. The fraction of sp³-hybridized carbons (Fsp3) is 0.273. The maximum atomic E-state index is 2.38. The summed E-state index contributed by atoms with van der Waals surface area (Å²) in [6, 6.07) is 25.2. The molecule has 0 saturated carbocycles. The Morgan fingerprint density at radius 1 is 0.739 bits per heavy atom. The van der Waals surface area contributed by atoms with Gasteiger partial charge in [0.2, 0.25) is 0 Å². The first-order valence-corrected chi connectivity index (χ1v) is 8.48. The first-order valence-electron chi connectivity index (χ1n) is 8.48. The molecule has 3 aromatic carbocycles. The molecule has 1 aliphatic carbocycles. The lowest BCUT2D eigenvalue weighted by Gasteiger charge is -2.35. The minimum Gasteiger partial charge on any atom is -0.302 e. The number of fused-ring (bicyclic) bond motifs is 2. The topological polar surface area (TPSA) is 3.24 Å². The summed E-state index contributed by atoms with van der Waals surface area (Å²) in [5.41, 5.74) is 4.46. The van der Waals surface area contributed by atoms with E-state index in [9.17, 15) is 0 Å². The maximum absolute atomic E-state index is 2.38. The molecule has 0 bridgehead atoms. The van der Waals surface area contributed by atoms with Crippen LogP contribution in [0.4, 0.5) is 0 Å². The van der Waals surface area contributed by atoms with Crippen LogP contribution >= 0.6 is 0 Å². The molecule has 0 radical (unpaired) electrons. The van der Waals surface area contributed by atoms with E-state index in [2.05, 4.69) is 85.7 Å². The summed E-state index contributed by atoms with van der Waals surface area (Å²) >= 11 is 0. The minimum atomic E-state index is 0.520. The zero-order chi connectivity index (χ0) is 15.8. The van der Waals surface area contributed by atoms with Gasteiger partial charge in [-0.2, -0.15) is 0 Å². The van der Waals surface area contributed by atoms with Crippen LogP contribution in [0, 0.1) is 0 Å². The Morgan fingerprint density at radius 3 is 2.22 bits per heavy atom. The quantitative estimate of drug-likeness (QED) is 0.615. The Balaban J connectivity index is 1.80. The third kappa shape index (κ3) is 2.55. The van der Waals surface area contributed by atoms with E-state index in [0.717, 1.165) is 0 Å². The van der Waals surface area contributed by atoms with Gasteiger partial charge in [-0.25, -0.2) is 0 Å². The summed E-state index contributed by atoms with van der Waals surface area (Å²) in [5, 5.41) is 2.67. The molecular formula is C22H23N. The van der Waals surface area contributed by atoms with Crippen LogP contribution in [0.15, 0.2) is 66.7 Å². The molecule has 116 valence electrons. The average Bonchev–Trinajstić information content (AvgIpc) is 2.60. The Bertz CT molecular complexity index is 834. The van der Waals surface area contributed by atoms with Gasteiger partial charge in [0, 0.05) is 12.0 Å². The number of hydrogen-bond donors (Lipinski definition) is 0. The third-order valence-electron chi connectivity index (χ3n) is 5.26. The molecule has 1 nitrogen and oxygen atoms in total. The fourth-order valence-electron chi connectivity index (χ4n) is 4.07. The van der Waals surface area contributed by atoms with Gasteiger partial charge in [0.05, 0.1) is 0 Å². The predicted octanol–water partition coefficient (Wildman–Crippen LogP) is 5.37. The number of rotatable bonds is 2. The zero-order valence-electron chi connectivity index (χ0n) is 13.9. The van der Waals surface area contributed by atoms with Crippen molar-refractivity contribution in [3.8, 4) is 0 Å². The van der Waals surface area contributed by atoms with Crippen LogP contribution in [0.2, 0.25) is 0 Å². The highest BCUT2D eigenvalue weighted by molar-refractivity contribution is 5.83. The molecule has 0 saturated heterocycles. The lowest BCUT2D eigenvalue weighted by molar-refractivity contribution is 0.263. The molecule has 0 heterocycles. The Labute approximate surface area is 138 Å². The van der Waals surface area contributed by atoms with Gasteiger partial charge in [-0.15, -0.1) is 0 Å². The monoisotopic (exact) mass is 301 g/mol. The maximum Gasteiger partial charge on any atom is 0.0345 e. The van der Waals surface area contributed by atoms with Crippen molar-refractivity contribution in [3.63, 3.8) is 0 Å². The molecule has 0 fully saturated rings. The van der Waals surface area contributed by atoms with Crippen molar-refractivity contribution in [2.45, 2.75) is 24.8 Å². The zero-order valence-corrected chi connectivity index (χ0v) is 13.9. The van der Waals surface area contributed by atoms with E-state index in [4.69, 9.17) is 0 Å².